The summed E-state index contributed by atoms with van der Waals surface area (Å²) < 4.78 is 12.9. The minimum Gasteiger partial charge on any atom is -0.353 e. The number of nitrogens with zero attached hydrogens (tertiary/aromatic N) is 1. The Labute approximate surface area is 176 Å². The molecule has 0 unspecified atom stereocenters. The molecule has 0 radical (unpaired) electrons. The van der Waals surface area contributed by atoms with Gasteiger partial charge in [-0.2, -0.15) is 0 Å². The SMILES string of the molecule is O=C(CNC(=O)c1ccc(F)cc1)NCCN1C(=O)SC(=Cc2ccccc2)C1=O. The van der Waals surface area contributed by atoms with Gasteiger partial charge in [-0.05, 0) is 47.7 Å². The molecule has 1 aliphatic heterocycles. The van der Waals surface area contributed by atoms with Gasteiger partial charge < -0.3 is 10.6 Å². The Morgan fingerprint density at radius 1 is 1.00 bits per heavy atom. The highest BCUT2D eigenvalue weighted by Gasteiger charge is 2.34. The van der Waals surface area contributed by atoms with Gasteiger partial charge in [0.1, 0.15) is 5.82 Å². The highest BCUT2D eigenvalue weighted by atomic mass is 32.2. The Morgan fingerprint density at radius 3 is 2.40 bits per heavy atom. The first kappa shape index (κ1) is 21.3. The lowest BCUT2D eigenvalue weighted by molar-refractivity contribution is -0.124. The molecule has 0 atom stereocenters. The molecule has 2 N–H and O–H groups in total. The fraction of sp³-hybridized carbons (Fsp3) is 0.143. The monoisotopic (exact) mass is 427 g/mol. The van der Waals surface area contributed by atoms with Gasteiger partial charge in [-0.1, -0.05) is 30.3 Å². The molecule has 9 heteroatoms. The van der Waals surface area contributed by atoms with Gasteiger partial charge in [0, 0.05) is 18.7 Å². The molecular formula is C21H18FN3O4S. The van der Waals surface area contributed by atoms with E-state index in [1.807, 2.05) is 30.3 Å². The highest BCUT2D eigenvalue weighted by Crippen LogP contribution is 2.31. The number of hydrogen-bond donors (Lipinski definition) is 2. The summed E-state index contributed by atoms with van der Waals surface area (Å²) >= 11 is 0.850. The summed E-state index contributed by atoms with van der Waals surface area (Å²) in [6, 6.07) is 14.1. The number of imide groups is 1. The van der Waals surface area contributed by atoms with Gasteiger partial charge in [0.15, 0.2) is 0 Å². The van der Waals surface area contributed by atoms with Crippen LogP contribution in [0.4, 0.5) is 9.18 Å². The number of carbonyl (C=O) groups excluding carboxylic acids is 4. The summed E-state index contributed by atoms with van der Waals surface area (Å²) in [5.74, 6) is -1.86. The fourth-order valence-corrected chi connectivity index (χ4v) is 3.49. The van der Waals surface area contributed by atoms with Crippen LogP contribution in [0, 0.1) is 5.82 Å². The average molecular weight is 427 g/mol. The van der Waals surface area contributed by atoms with Crippen LogP contribution in [0.1, 0.15) is 15.9 Å². The zero-order chi connectivity index (χ0) is 21.5. The summed E-state index contributed by atoms with van der Waals surface area (Å²) in [5, 5.41) is 4.56. The Hall–Kier alpha value is -3.46. The molecule has 1 aliphatic rings. The van der Waals surface area contributed by atoms with Gasteiger partial charge in [-0.25, -0.2) is 4.39 Å². The lowest BCUT2D eigenvalue weighted by atomic mass is 10.2. The van der Waals surface area contributed by atoms with Crippen LogP contribution in [-0.4, -0.2) is 47.5 Å². The van der Waals surface area contributed by atoms with Crippen molar-refractivity contribution in [2.24, 2.45) is 0 Å². The maximum Gasteiger partial charge on any atom is 0.293 e. The Morgan fingerprint density at radius 2 is 1.70 bits per heavy atom. The van der Waals surface area contributed by atoms with E-state index in [4.69, 9.17) is 0 Å². The van der Waals surface area contributed by atoms with Gasteiger partial charge in [0.05, 0.1) is 11.4 Å². The molecule has 7 nitrogen and oxygen atoms in total. The molecule has 30 heavy (non-hydrogen) atoms. The lowest BCUT2D eigenvalue weighted by Crippen LogP contribution is -2.41. The fourth-order valence-electron chi connectivity index (χ4n) is 2.63. The first-order chi connectivity index (χ1) is 14.4. The molecule has 3 rings (SSSR count). The predicted molar refractivity (Wildman–Crippen MR) is 111 cm³/mol. The van der Waals surface area contributed by atoms with E-state index >= 15 is 0 Å². The molecular weight excluding hydrogens is 409 g/mol. The Balaban J connectivity index is 1.44. The number of hydrogen-bond acceptors (Lipinski definition) is 5. The Bertz CT molecular complexity index is 993. The third-order valence-electron chi connectivity index (χ3n) is 4.14. The second kappa shape index (κ2) is 9.84. The summed E-state index contributed by atoms with van der Waals surface area (Å²) in [6.45, 7) is -0.206. The second-order valence-electron chi connectivity index (χ2n) is 6.28. The molecule has 0 aromatic heterocycles. The number of halogens is 1. The quantitative estimate of drug-likeness (QED) is 0.662. The van der Waals surface area contributed by atoms with Crippen LogP contribution in [0.5, 0.6) is 0 Å². The van der Waals surface area contributed by atoms with Crippen molar-refractivity contribution in [3.63, 3.8) is 0 Å². The standard InChI is InChI=1S/C21H18FN3O4S/c22-16-8-6-15(7-9-16)19(27)24-13-18(26)23-10-11-25-20(28)17(30-21(25)29)12-14-4-2-1-3-5-14/h1-9,12H,10-11,13H2,(H,23,26)(H,24,27). The molecule has 1 fully saturated rings. The van der Waals surface area contributed by atoms with Crippen LogP contribution < -0.4 is 10.6 Å². The number of nitrogens with one attached hydrogen (secondary N) is 2. The maximum atomic E-state index is 12.9. The number of rotatable bonds is 7. The first-order valence-electron chi connectivity index (χ1n) is 9.05. The van der Waals surface area contributed by atoms with E-state index in [9.17, 15) is 23.6 Å². The minimum atomic E-state index is -0.512. The van der Waals surface area contributed by atoms with Crippen LogP contribution in [0.3, 0.4) is 0 Å². The van der Waals surface area contributed by atoms with Crippen molar-refractivity contribution >= 4 is 40.8 Å². The molecule has 2 aromatic rings. The zero-order valence-corrected chi connectivity index (χ0v) is 16.6. The predicted octanol–water partition coefficient (Wildman–Crippen LogP) is 2.41. The third kappa shape index (κ3) is 5.54. The molecule has 0 spiro atoms. The second-order valence-corrected chi connectivity index (χ2v) is 7.28. The van der Waals surface area contributed by atoms with Gasteiger partial charge in [0.25, 0.3) is 17.1 Å². The summed E-state index contributed by atoms with van der Waals surface area (Å²) in [5.41, 5.74) is 1.04. The van der Waals surface area contributed by atoms with Gasteiger partial charge in [0.2, 0.25) is 5.91 Å². The first-order valence-corrected chi connectivity index (χ1v) is 9.86. The molecule has 2 aromatic carbocycles. The van der Waals surface area contributed by atoms with Crippen LogP contribution in [0.25, 0.3) is 6.08 Å². The molecule has 4 amide bonds. The molecule has 154 valence electrons. The van der Waals surface area contributed by atoms with E-state index in [0.717, 1.165) is 34.4 Å². The van der Waals surface area contributed by atoms with Crippen LogP contribution >= 0.6 is 11.8 Å². The van der Waals surface area contributed by atoms with Crippen molar-refractivity contribution in [1.82, 2.24) is 15.5 Å². The van der Waals surface area contributed by atoms with Crippen molar-refractivity contribution in [2.75, 3.05) is 19.6 Å². The third-order valence-corrected chi connectivity index (χ3v) is 5.05. The van der Waals surface area contributed by atoms with Crippen LogP contribution in [0.2, 0.25) is 0 Å². The summed E-state index contributed by atoms with van der Waals surface area (Å²) in [7, 11) is 0. The van der Waals surface area contributed by atoms with E-state index in [-0.39, 0.29) is 25.2 Å². The molecule has 0 aliphatic carbocycles. The van der Waals surface area contributed by atoms with Crippen LogP contribution in [-0.2, 0) is 9.59 Å². The smallest absolute Gasteiger partial charge is 0.293 e. The van der Waals surface area contributed by atoms with E-state index < -0.39 is 28.8 Å². The Kier molecular flexibility index (Phi) is 6.97. The zero-order valence-electron chi connectivity index (χ0n) is 15.8. The highest BCUT2D eigenvalue weighted by molar-refractivity contribution is 8.18. The number of carbonyl (C=O) groups is 4. The van der Waals surface area contributed by atoms with E-state index in [1.165, 1.54) is 12.1 Å². The van der Waals surface area contributed by atoms with E-state index in [0.29, 0.717) is 4.91 Å². The van der Waals surface area contributed by atoms with Crippen molar-refractivity contribution in [3.8, 4) is 0 Å². The number of benzene rings is 2. The van der Waals surface area contributed by atoms with Gasteiger partial charge >= 0.3 is 0 Å². The molecule has 1 saturated heterocycles. The largest absolute Gasteiger partial charge is 0.353 e. The van der Waals surface area contributed by atoms with E-state index in [1.54, 1.807) is 6.08 Å². The minimum absolute atomic E-state index is 0.0223. The summed E-state index contributed by atoms with van der Waals surface area (Å²) in [6.07, 6.45) is 1.65. The molecule has 1 heterocycles. The van der Waals surface area contributed by atoms with Crippen molar-refractivity contribution in [2.45, 2.75) is 0 Å². The van der Waals surface area contributed by atoms with Crippen molar-refractivity contribution < 1.29 is 23.6 Å². The van der Waals surface area contributed by atoms with Crippen molar-refractivity contribution in [3.05, 3.63) is 76.4 Å². The van der Waals surface area contributed by atoms with Crippen LogP contribution in [0.15, 0.2) is 59.5 Å². The average Bonchev–Trinajstić information content (AvgIpc) is 3.00. The normalized spacial score (nSPS) is 14.8. The summed E-state index contributed by atoms with van der Waals surface area (Å²) in [4.78, 5) is 49.7. The number of thioether (sulfide) groups is 1. The lowest BCUT2D eigenvalue weighted by Gasteiger charge is -2.13. The van der Waals surface area contributed by atoms with Gasteiger partial charge in [-0.15, -0.1) is 0 Å². The van der Waals surface area contributed by atoms with Gasteiger partial charge in [-0.3, -0.25) is 24.1 Å². The molecule has 0 saturated carbocycles. The topological polar surface area (TPSA) is 95.6 Å². The maximum absolute atomic E-state index is 12.9. The number of amides is 4. The van der Waals surface area contributed by atoms with E-state index in [2.05, 4.69) is 10.6 Å². The van der Waals surface area contributed by atoms with Crippen molar-refractivity contribution in [1.29, 1.82) is 0 Å². The molecule has 0 bridgehead atoms.